The van der Waals surface area contributed by atoms with Crippen molar-refractivity contribution in [3.63, 3.8) is 0 Å². The summed E-state index contributed by atoms with van der Waals surface area (Å²) in [6.45, 7) is 4.30. The summed E-state index contributed by atoms with van der Waals surface area (Å²) in [7, 11) is 0. The van der Waals surface area contributed by atoms with Gasteiger partial charge in [0, 0.05) is 22.4 Å². The van der Waals surface area contributed by atoms with Gasteiger partial charge in [0.05, 0.1) is 16.3 Å². The number of aromatic nitrogens is 2. The number of nitrogens with zero attached hydrogens (tertiary/aromatic N) is 2. The van der Waals surface area contributed by atoms with Crippen LogP contribution in [0.15, 0.2) is 39.1 Å². The molecule has 0 bridgehead atoms. The van der Waals surface area contributed by atoms with Crippen LogP contribution in [0.4, 0.5) is 0 Å². The van der Waals surface area contributed by atoms with Crippen LogP contribution in [0.3, 0.4) is 0 Å². The molecule has 1 atom stereocenters. The van der Waals surface area contributed by atoms with Gasteiger partial charge in [0.15, 0.2) is 5.16 Å². The van der Waals surface area contributed by atoms with Crippen LogP contribution in [-0.4, -0.2) is 20.6 Å². The highest BCUT2D eigenvalue weighted by Crippen LogP contribution is 2.31. The Morgan fingerprint density at radius 2 is 2.14 bits per heavy atom. The molecule has 0 spiro atoms. The molecule has 2 aromatic rings. The van der Waals surface area contributed by atoms with E-state index in [1.165, 1.54) is 0 Å². The van der Waals surface area contributed by atoms with Gasteiger partial charge in [-0.25, -0.2) is 4.98 Å². The third-order valence-corrected chi connectivity index (χ3v) is 6.21. The zero-order valence-electron chi connectivity index (χ0n) is 12.5. The molecule has 0 saturated carbocycles. The molecule has 0 saturated heterocycles. The Kier molecular flexibility index (Phi) is 4.85. The van der Waals surface area contributed by atoms with E-state index in [0.29, 0.717) is 10.3 Å². The molecule has 1 aromatic heterocycles. The maximum absolute atomic E-state index is 12.9. The molecule has 116 valence electrons. The topological polar surface area (TPSA) is 34.9 Å². The van der Waals surface area contributed by atoms with E-state index in [4.69, 9.17) is 16.6 Å². The Morgan fingerprint density at radius 1 is 1.41 bits per heavy atom. The van der Waals surface area contributed by atoms with E-state index < -0.39 is 0 Å². The van der Waals surface area contributed by atoms with E-state index in [1.807, 2.05) is 12.1 Å². The van der Waals surface area contributed by atoms with Crippen LogP contribution in [-0.2, 0) is 6.42 Å². The molecule has 0 aliphatic carbocycles. The van der Waals surface area contributed by atoms with Gasteiger partial charge < -0.3 is 0 Å². The van der Waals surface area contributed by atoms with E-state index in [0.717, 1.165) is 40.0 Å². The fourth-order valence-corrected chi connectivity index (χ4v) is 4.39. The Morgan fingerprint density at radius 3 is 2.82 bits per heavy atom. The molecule has 0 radical (unpaired) electrons. The minimum atomic E-state index is 0.0422. The van der Waals surface area contributed by atoms with E-state index in [9.17, 15) is 4.79 Å². The summed E-state index contributed by atoms with van der Waals surface area (Å²) >= 11 is 9.23. The number of thioether (sulfide) groups is 2. The molecule has 6 heteroatoms. The summed E-state index contributed by atoms with van der Waals surface area (Å²) in [6.07, 6.45) is 1.91. The van der Waals surface area contributed by atoms with Crippen molar-refractivity contribution in [3.8, 4) is 5.69 Å². The van der Waals surface area contributed by atoms with E-state index in [-0.39, 0.29) is 5.56 Å². The Hall–Kier alpha value is -0.910. The Labute approximate surface area is 143 Å². The molecule has 1 aliphatic heterocycles. The van der Waals surface area contributed by atoms with Crippen LogP contribution in [0.1, 0.15) is 26.0 Å². The van der Waals surface area contributed by atoms with Gasteiger partial charge >= 0.3 is 0 Å². The van der Waals surface area contributed by atoms with Gasteiger partial charge in [-0.15, -0.1) is 11.8 Å². The zero-order chi connectivity index (χ0) is 15.7. The molecule has 0 N–H and O–H groups in total. The normalized spacial score (nSPS) is 14.9. The molecule has 3 rings (SSSR count). The minimum absolute atomic E-state index is 0.0422. The van der Waals surface area contributed by atoms with Crippen LogP contribution >= 0.6 is 35.1 Å². The lowest BCUT2D eigenvalue weighted by atomic mass is 10.3. The summed E-state index contributed by atoms with van der Waals surface area (Å²) in [4.78, 5) is 18.5. The maximum atomic E-state index is 12.9. The molecule has 1 aromatic carbocycles. The third-order valence-electron chi connectivity index (χ3n) is 3.63. The molecular formula is C16H17ClN2OS2. The van der Waals surface area contributed by atoms with Crippen LogP contribution in [0.2, 0.25) is 5.02 Å². The van der Waals surface area contributed by atoms with Crippen molar-refractivity contribution in [1.82, 2.24) is 9.55 Å². The highest BCUT2D eigenvalue weighted by atomic mass is 35.5. The summed E-state index contributed by atoms with van der Waals surface area (Å²) in [6, 6.07) is 7.36. The molecule has 0 amide bonds. The lowest BCUT2D eigenvalue weighted by Gasteiger charge is -2.16. The highest BCUT2D eigenvalue weighted by Gasteiger charge is 2.23. The van der Waals surface area contributed by atoms with Crippen LogP contribution in [0.25, 0.3) is 5.69 Å². The second-order valence-corrected chi connectivity index (χ2v) is 8.17. The Balaban J connectivity index is 2.17. The molecule has 22 heavy (non-hydrogen) atoms. The minimum Gasteiger partial charge on any atom is -0.268 e. The lowest BCUT2D eigenvalue weighted by Crippen LogP contribution is -2.24. The Bertz CT molecular complexity index is 743. The second kappa shape index (κ2) is 6.69. The number of hydrogen-bond donors (Lipinski definition) is 0. The van der Waals surface area contributed by atoms with Crippen molar-refractivity contribution in [1.29, 1.82) is 0 Å². The summed E-state index contributed by atoms with van der Waals surface area (Å²) in [5.41, 5.74) is 1.81. The number of fused-ring (bicyclic) bond motifs is 1. The standard InChI is InChI=1S/C16H17ClN2OS2/c1-3-10(2)22-16-18-13-8-9-21-14(13)15(20)19(16)12-6-4-11(17)5-7-12/h4-7,10H,3,8-9H2,1-2H3/t10-/m0/s1. The van der Waals surface area contributed by atoms with Crippen molar-refractivity contribution in [3.05, 3.63) is 45.3 Å². The fourth-order valence-electron chi connectivity index (χ4n) is 2.25. The van der Waals surface area contributed by atoms with Gasteiger partial charge in [0.25, 0.3) is 5.56 Å². The van der Waals surface area contributed by atoms with Crippen LogP contribution < -0.4 is 5.56 Å². The third kappa shape index (κ3) is 3.07. The van der Waals surface area contributed by atoms with Gasteiger partial charge in [-0.05, 0) is 30.7 Å². The van der Waals surface area contributed by atoms with E-state index in [2.05, 4.69) is 13.8 Å². The van der Waals surface area contributed by atoms with Crippen molar-refractivity contribution in [2.24, 2.45) is 0 Å². The van der Waals surface area contributed by atoms with Gasteiger partial charge in [-0.1, -0.05) is 37.2 Å². The first-order valence-electron chi connectivity index (χ1n) is 7.31. The van der Waals surface area contributed by atoms with Crippen molar-refractivity contribution >= 4 is 35.1 Å². The second-order valence-electron chi connectivity index (χ2n) is 5.22. The first-order valence-corrected chi connectivity index (χ1v) is 9.55. The van der Waals surface area contributed by atoms with Gasteiger partial charge in [0.2, 0.25) is 0 Å². The summed E-state index contributed by atoms with van der Waals surface area (Å²) < 4.78 is 1.73. The maximum Gasteiger partial charge on any atom is 0.272 e. The van der Waals surface area contributed by atoms with Gasteiger partial charge in [-0.3, -0.25) is 9.36 Å². The molecule has 3 nitrogen and oxygen atoms in total. The molecule has 0 unspecified atom stereocenters. The SMILES string of the molecule is CC[C@H](C)Sc1nc2c(c(=O)n1-c1ccc(Cl)cc1)SCC2. The van der Waals surface area contributed by atoms with Crippen molar-refractivity contribution < 1.29 is 0 Å². The number of hydrogen-bond acceptors (Lipinski definition) is 4. The van der Waals surface area contributed by atoms with Gasteiger partial charge in [-0.2, -0.15) is 0 Å². The predicted octanol–water partition coefficient (Wildman–Crippen LogP) is 4.42. The number of halogens is 1. The smallest absolute Gasteiger partial charge is 0.268 e. The van der Waals surface area contributed by atoms with Crippen LogP contribution in [0.5, 0.6) is 0 Å². The molecule has 2 heterocycles. The number of benzene rings is 1. The van der Waals surface area contributed by atoms with Crippen LogP contribution in [0, 0.1) is 0 Å². The average Bonchev–Trinajstić information content (AvgIpc) is 2.97. The molecule has 0 fully saturated rings. The highest BCUT2D eigenvalue weighted by molar-refractivity contribution is 8.00. The van der Waals surface area contributed by atoms with Crippen molar-refractivity contribution in [2.45, 2.75) is 42.0 Å². The average molecular weight is 353 g/mol. The van der Waals surface area contributed by atoms with E-state index >= 15 is 0 Å². The van der Waals surface area contributed by atoms with Crippen molar-refractivity contribution in [2.75, 3.05) is 5.75 Å². The molecular weight excluding hydrogens is 336 g/mol. The predicted molar refractivity (Wildman–Crippen MR) is 94.9 cm³/mol. The quantitative estimate of drug-likeness (QED) is 0.602. The summed E-state index contributed by atoms with van der Waals surface area (Å²) in [5, 5.41) is 1.86. The molecule has 1 aliphatic rings. The van der Waals surface area contributed by atoms with Gasteiger partial charge in [0.1, 0.15) is 0 Å². The monoisotopic (exact) mass is 352 g/mol. The first kappa shape index (κ1) is 16.0. The van der Waals surface area contributed by atoms with E-state index in [1.54, 1.807) is 40.2 Å². The largest absolute Gasteiger partial charge is 0.272 e. The number of aryl methyl sites for hydroxylation is 1. The fraction of sp³-hybridized carbons (Fsp3) is 0.375. The lowest BCUT2D eigenvalue weighted by molar-refractivity contribution is 0.734. The summed E-state index contributed by atoms with van der Waals surface area (Å²) in [5.74, 6) is 0.940. The number of rotatable bonds is 4. The zero-order valence-corrected chi connectivity index (χ0v) is 14.9. The first-order chi connectivity index (χ1) is 10.6.